The average Bonchev–Trinajstić information content (AvgIpc) is 2.66. The van der Waals surface area contributed by atoms with Crippen LogP contribution in [-0.2, 0) is 28.8 Å². The van der Waals surface area contributed by atoms with Crippen molar-refractivity contribution in [3.05, 3.63) is 0 Å². The second kappa shape index (κ2) is 13.4. The maximum Gasteiger partial charge on any atom is 0.328 e. The molecule has 0 aromatic rings. The summed E-state index contributed by atoms with van der Waals surface area (Å²) in [7, 11) is 0. The lowest BCUT2D eigenvalue weighted by Gasteiger charge is -2.24. The van der Waals surface area contributed by atoms with E-state index >= 15 is 0 Å². The van der Waals surface area contributed by atoms with Gasteiger partial charge in [-0.15, -0.1) is 0 Å². The first-order valence-electron chi connectivity index (χ1n) is 8.98. The van der Waals surface area contributed by atoms with Crippen molar-refractivity contribution in [1.82, 2.24) is 16.0 Å². The highest BCUT2D eigenvalue weighted by Crippen LogP contribution is 2.01. The van der Waals surface area contributed by atoms with Gasteiger partial charge in [-0.05, 0) is 13.3 Å². The summed E-state index contributed by atoms with van der Waals surface area (Å²) in [6.45, 7) is 1.13. The number of aliphatic hydroxyl groups is 1. The molecule has 5 unspecified atom stereocenters. The summed E-state index contributed by atoms with van der Waals surface area (Å²) in [4.78, 5) is 69.7. The molecule has 0 bridgehead atoms. The number of carbonyl (C=O) groups is 6. The van der Waals surface area contributed by atoms with E-state index in [4.69, 9.17) is 21.7 Å². The topological polar surface area (TPSA) is 251 Å². The first-order valence-corrected chi connectivity index (χ1v) is 9.61. The van der Waals surface area contributed by atoms with E-state index < -0.39 is 72.3 Å². The van der Waals surface area contributed by atoms with Crippen LogP contribution in [0.2, 0.25) is 0 Å². The van der Waals surface area contributed by atoms with Gasteiger partial charge >= 0.3 is 11.9 Å². The van der Waals surface area contributed by atoms with Crippen LogP contribution < -0.4 is 27.4 Å². The molecule has 0 heterocycles. The predicted octanol–water partition coefficient (Wildman–Crippen LogP) is -4.10. The second-order valence-corrected chi connectivity index (χ2v) is 6.94. The molecule has 31 heavy (non-hydrogen) atoms. The minimum Gasteiger partial charge on any atom is -0.481 e. The lowest BCUT2D eigenvalue weighted by Crippen LogP contribution is -2.59. The molecule has 0 rings (SSSR count). The summed E-state index contributed by atoms with van der Waals surface area (Å²) >= 11 is 3.89. The van der Waals surface area contributed by atoms with Crippen molar-refractivity contribution in [2.75, 3.05) is 5.75 Å². The van der Waals surface area contributed by atoms with Crippen LogP contribution in [-0.4, -0.2) is 86.9 Å². The largest absolute Gasteiger partial charge is 0.481 e. The van der Waals surface area contributed by atoms with E-state index in [0.717, 1.165) is 6.92 Å². The number of nitrogens with two attached hydrogens (primary N) is 2. The Morgan fingerprint density at radius 1 is 0.935 bits per heavy atom. The van der Waals surface area contributed by atoms with E-state index in [1.807, 2.05) is 5.32 Å². The molecule has 0 aromatic heterocycles. The molecule has 4 amide bonds. The van der Waals surface area contributed by atoms with Gasteiger partial charge in [0.1, 0.15) is 12.1 Å². The van der Waals surface area contributed by atoms with Crippen molar-refractivity contribution in [3.8, 4) is 0 Å². The molecule has 0 aliphatic rings. The third kappa shape index (κ3) is 10.6. The van der Waals surface area contributed by atoms with Gasteiger partial charge < -0.3 is 42.7 Å². The molecule has 0 aliphatic carbocycles. The van der Waals surface area contributed by atoms with Crippen LogP contribution >= 0.6 is 12.6 Å². The first-order chi connectivity index (χ1) is 14.3. The van der Waals surface area contributed by atoms with Crippen LogP contribution in [0.3, 0.4) is 0 Å². The maximum absolute atomic E-state index is 12.4. The predicted molar refractivity (Wildman–Crippen MR) is 108 cm³/mol. The highest BCUT2D eigenvalue weighted by molar-refractivity contribution is 7.80. The third-order valence-electron chi connectivity index (χ3n) is 3.91. The number of carboxylic acid groups (broad SMARTS) is 2. The molecule has 176 valence electrons. The van der Waals surface area contributed by atoms with E-state index in [9.17, 15) is 33.9 Å². The number of hydrogen-bond donors (Lipinski definition) is 9. The second-order valence-electron chi connectivity index (χ2n) is 6.58. The van der Waals surface area contributed by atoms with Gasteiger partial charge in [0.05, 0.1) is 18.6 Å². The number of primary amides is 1. The number of aliphatic carboxylic acids is 2. The third-order valence-corrected chi connectivity index (χ3v) is 4.28. The molecule has 15 heteroatoms. The van der Waals surface area contributed by atoms with Crippen molar-refractivity contribution in [2.24, 2.45) is 11.5 Å². The summed E-state index contributed by atoms with van der Waals surface area (Å²) in [5.41, 5.74) is 10.5. The normalized spacial score (nSPS) is 15.5. The zero-order chi connectivity index (χ0) is 24.3. The van der Waals surface area contributed by atoms with Crippen molar-refractivity contribution in [2.45, 2.75) is 56.5 Å². The number of hydrogen-bond acceptors (Lipinski definition) is 9. The Balaban J connectivity index is 5.24. The Bertz CT molecular complexity index is 703. The standard InChI is InChI=1S/C16H27N5O9S/c1-6(22)12(16(29)30)21-15(28)9(5-31)20-14(27)8(4-11(24)25)19-13(26)7(17)2-3-10(18)23/h6-9,12,22,31H,2-5,17H2,1H3,(H2,18,23)(H,19,26)(H,20,27)(H,21,28)(H,24,25)(H,29,30). The Hall–Kier alpha value is -2.91. The Labute approximate surface area is 182 Å². The molecular weight excluding hydrogens is 438 g/mol. The zero-order valence-electron chi connectivity index (χ0n) is 16.6. The number of aliphatic hydroxyl groups excluding tert-OH is 1. The van der Waals surface area contributed by atoms with Gasteiger partial charge in [0.2, 0.25) is 23.6 Å². The number of amides is 4. The molecule has 0 aromatic carbocycles. The fraction of sp³-hybridized carbons (Fsp3) is 0.625. The van der Waals surface area contributed by atoms with Gasteiger partial charge in [0.25, 0.3) is 0 Å². The highest BCUT2D eigenvalue weighted by atomic mass is 32.1. The fourth-order valence-corrected chi connectivity index (χ4v) is 2.46. The van der Waals surface area contributed by atoms with E-state index in [-0.39, 0.29) is 18.6 Å². The van der Waals surface area contributed by atoms with Crippen molar-refractivity contribution < 1.29 is 44.1 Å². The molecule has 0 spiro atoms. The molecule has 0 fully saturated rings. The smallest absolute Gasteiger partial charge is 0.328 e. The molecule has 0 saturated carbocycles. The Morgan fingerprint density at radius 2 is 1.45 bits per heavy atom. The van der Waals surface area contributed by atoms with Gasteiger partial charge in [-0.2, -0.15) is 12.6 Å². The lowest BCUT2D eigenvalue weighted by molar-refractivity contribution is -0.145. The van der Waals surface area contributed by atoms with E-state index in [1.165, 1.54) is 0 Å². The van der Waals surface area contributed by atoms with Gasteiger partial charge in [0.15, 0.2) is 6.04 Å². The van der Waals surface area contributed by atoms with E-state index in [2.05, 4.69) is 23.3 Å². The fourth-order valence-electron chi connectivity index (χ4n) is 2.20. The number of carboxylic acids is 2. The maximum atomic E-state index is 12.4. The van der Waals surface area contributed by atoms with Gasteiger partial charge in [-0.25, -0.2) is 4.79 Å². The SMILES string of the molecule is CC(O)C(NC(=O)C(CS)NC(=O)C(CC(=O)O)NC(=O)C(N)CCC(N)=O)C(=O)O. The van der Waals surface area contributed by atoms with E-state index in [1.54, 1.807) is 0 Å². The van der Waals surface area contributed by atoms with Crippen LogP contribution in [0.1, 0.15) is 26.2 Å². The highest BCUT2D eigenvalue weighted by Gasteiger charge is 2.32. The van der Waals surface area contributed by atoms with Crippen LogP contribution in [0, 0.1) is 0 Å². The minimum atomic E-state index is -1.66. The Morgan fingerprint density at radius 3 is 1.87 bits per heavy atom. The van der Waals surface area contributed by atoms with Crippen molar-refractivity contribution in [1.29, 1.82) is 0 Å². The monoisotopic (exact) mass is 465 g/mol. The van der Waals surface area contributed by atoms with Crippen molar-refractivity contribution >= 4 is 48.2 Å². The summed E-state index contributed by atoms with van der Waals surface area (Å²) in [5, 5.41) is 33.7. The van der Waals surface area contributed by atoms with Crippen molar-refractivity contribution in [3.63, 3.8) is 0 Å². The average molecular weight is 465 g/mol. The zero-order valence-corrected chi connectivity index (χ0v) is 17.5. The molecule has 0 aliphatic heterocycles. The first kappa shape index (κ1) is 28.1. The van der Waals surface area contributed by atoms with Gasteiger partial charge in [-0.1, -0.05) is 0 Å². The van der Waals surface area contributed by atoms with Crippen LogP contribution in [0.25, 0.3) is 0 Å². The summed E-state index contributed by atoms with van der Waals surface area (Å²) in [5.74, 6) is -6.98. The molecule has 0 saturated heterocycles. The quantitative estimate of drug-likeness (QED) is 0.112. The number of thiol groups is 1. The molecular formula is C16H27N5O9S. The summed E-state index contributed by atoms with van der Waals surface area (Å²) in [6.07, 6.45) is -2.65. The summed E-state index contributed by atoms with van der Waals surface area (Å²) in [6, 6.07) is -5.95. The summed E-state index contributed by atoms with van der Waals surface area (Å²) < 4.78 is 0. The molecule has 10 N–H and O–H groups in total. The lowest BCUT2D eigenvalue weighted by atomic mass is 10.1. The van der Waals surface area contributed by atoms with E-state index in [0.29, 0.717) is 0 Å². The number of carbonyl (C=O) groups excluding carboxylic acids is 4. The minimum absolute atomic E-state index is 0.139. The number of rotatable bonds is 14. The van der Waals surface area contributed by atoms with Crippen LogP contribution in [0.5, 0.6) is 0 Å². The Kier molecular flexibility index (Phi) is 12.1. The van der Waals surface area contributed by atoms with Gasteiger partial charge in [0, 0.05) is 12.2 Å². The van der Waals surface area contributed by atoms with Crippen LogP contribution in [0.4, 0.5) is 0 Å². The molecule has 5 atom stereocenters. The van der Waals surface area contributed by atoms with Crippen LogP contribution in [0.15, 0.2) is 0 Å². The van der Waals surface area contributed by atoms with Gasteiger partial charge in [-0.3, -0.25) is 24.0 Å². The molecule has 0 radical (unpaired) electrons. The molecule has 14 nitrogen and oxygen atoms in total. The number of nitrogens with one attached hydrogen (secondary N) is 3.